The van der Waals surface area contributed by atoms with Crippen LogP contribution in [-0.2, 0) is 16.0 Å². The number of halogens is 1. The molecule has 20 heavy (non-hydrogen) atoms. The van der Waals surface area contributed by atoms with Crippen LogP contribution in [0.4, 0.5) is 0 Å². The van der Waals surface area contributed by atoms with Crippen molar-refractivity contribution in [3.63, 3.8) is 0 Å². The highest BCUT2D eigenvalue weighted by molar-refractivity contribution is 5.84. The Kier molecular flexibility index (Phi) is 5.59. The van der Waals surface area contributed by atoms with Crippen molar-refractivity contribution in [2.45, 2.75) is 12.5 Å². The second-order valence-corrected chi connectivity index (χ2v) is 5.72. The summed E-state index contributed by atoms with van der Waals surface area (Å²) in [5, 5.41) is 1.17. The fourth-order valence-corrected chi connectivity index (χ4v) is 2.32. The zero-order chi connectivity index (χ0) is 14.0. The van der Waals surface area contributed by atoms with Gasteiger partial charge in [-0.05, 0) is 11.6 Å². The predicted octanol–water partition coefficient (Wildman–Crippen LogP) is -1.04. The Balaban J connectivity index is 0.00000200. The van der Waals surface area contributed by atoms with Crippen molar-refractivity contribution < 1.29 is 38.0 Å². The number of benzene rings is 1. The molecule has 0 spiro atoms. The number of nitrogens with zero attached hydrogens (tertiary/aromatic N) is 1. The van der Waals surface area contributed by atoms with Crippen LogP contribution in [0.5, 0.6) is 0 Å². The minimum absolute atomic E-state index is 0. The molecule has 0 fully saturated rings. The number of aromatic amines is 1. The number of likely N-dealkylation sites (N-methyl/N-ethyl adjacent to an activating group) is 1. The number of H-pyrrole nitrogens is 1. The molecule has 0 radical (unpaired) electrons. The molecule has 1 atom stereocenters. The first kappa shape index (κ1) is 17.0. The molecule has 4 nitrogen and oxygen atoms in total. The molecule has 2 aromatic rings. The lowest BCUT2D eigenvalue weighted by molar-refractivity contribution is -0.887. The monoisotopic (exact) mass is 388 g/mol. The predicted molar refractivity (Wildman–Crippen MR) is 75.8 cm³/mol. The smallest absolute Gasteiger partial charge is 0.365 e. The SMILES string of the molecule is COC(=O)C(Cc1c[nH]c2ccccc12)[N+](C)(C)C.[I-]. The third-order valence-electron chi connectivity index (χ3n) is 3.50. The lowest BCUT2D eigenvalue weighted by Crippen LogP contribution is -3.00. The van der Waals surface area contributed by atoms with Crippen LogP contribution in [0, 0.1) is 0 Å². The van der Waals surface area contributed by atoms with Crippen molar-refractivity contribution in [3.05, 3.63) is 36.0 Å². The van der Waals surface area contributed by atoms with E-state index in [-0.39, 0.29) is 36.0 Å². The number of carbonyl (C=O) groups is 1. The molecule has 1 aromatic carbocycles. The molecule has 0 aliphatic rings. The number of ether oxygens (including phenoxy) is 1. The first-order chi connectivity index (χ1) is 8.93. The molecule has 5 heteroatoms. The fraction of sp³-hybridized carbons (Fsp3) is 0.400. The molecule has 1 unspecified atom stereocenters. The number of aromatic nitrogens is 1. The number of esters is 1. The number of carbonyl (C=O) groups excluding carboxylic acids is 1. The summed E-state index contributed by atoms with van der Waals surface area (Å²) in [5.74, 6) is -0.169. The van der Waals surface area contributed by atoms with Gasteiger partial charge < -0.3 is 38.2 Å². The van der Waals surface area contributed by atoms with Crippen LogP contribution in [0.3, 0.4) is 0 Å². The quantitative estimate of drug-likeness (QED) is 0.413. The lowest BCUT2D eigenvalue weighted by Gasteiger charge is -2.31. The van der Waals surface area contributed by atoms with E-state index >= 15 is 0 Å². The Hall–Kier alpha value is -1.08. The van der Waals surface area contributed by atoms with E-state index in [4.69, 9.17) is 4.74 Å². The normalized spacial score (nSPS) is 12.8. The van der Waals surface area contributed by atoms with E-state index in [9.17, 15) is 4.79 Å². The number of para-hydroxylation sites is 1. The maximum atomic E-state index is 12.0. The highest BCUT2D eigenvalue weighted by Gasteiger charge is 2.33. The molecule has 1 N–H and O–H groups in total. The second-order valence-electron chi connectivity index (χ2n) is 5.72. The summed E-state index contributed by atoms with van der Waals surface area (Å²) < 4.78 is 5.48. The molecule has 0 bridgehead atoms. The van der Waals surface area contributed by atoms with Crippen LogP contribution in [0.2, 0.25) is 0 Å². The van der Waals surface area contributed by atoms with Gasteiger partial charge in [0, 0.05) is 23.5 Å². The van der Waals surface area contributed by atoms with Gasteiger partial charge >= 0.3 is 5.97 Å². The third kappa shape index (κ3) is 3.52. The Morgan fingerprint density at radius 2 is 1.95 bits per heavy atom. The molecule has 0 amide bonds. The summed E-state index contributed by atoms with van der Waals surface area (Å²) >= 11 is 0. The Morgan fingerprint density at radius 3 is 2.55 bits per heavy atom. The molecule has 1 heterocycles. The van der Waals surface area contributed by atoms with Crippen molar-refractivity contribution in [1.29, 1.82) is 0 Å². The van der Waals surface area contributed by atoms with E-state index in [0.717, 1.165) is 11.1 Å². The molecule has 0 saturated carbocycles. The summed E-state index contributed by atoms with van der Waals surface area (Å²) in [5.41, 5.74) is 2.25. The first-order valence-electron chi connectivity index (χ1n) is 6.37. The largest absolute Gasteiger partial charge is 1.00 e. The molecular formula is C15H21IN2O2. The number of fused-ring (bicyclic) bond motifs is 1. The molecule has 0 aliphatic carbocycles. The van der Waals surface area contributed by atoms with Gasteiger partial charge in [0.05, 0.1) is 28.3 Å². The van der Waals surface area contributed by atoms with Gasteiger partial charge in [-0.25, -0.2) is 4.79 Å². The summed E-state index contributed by atoms with van der Waals surface area (Å²) in [6, 6.07) is 7.92. The standard InChI is InChI=1S/C15H21N2O2.HI/c1-17(2,3)14(15(18)19-4)9-11-10-16-13-8-6-5-7-12(11)13;/h5-8,10,14,16H,9H2,1-4H3;1H/q+1;/p-1. The molecule has 2 rings (SSSR count). The van der Waals surface area contributed by atoms with Gasteiger partial charge in [0.15, 0.2) is 6.04 Å². The van der Waals surface area contributed by atoms with E-state index in [1.807, 2.05) is 45.5 Å². The van der Waals surface area contributed by atoms with Gasteiger partial charge in [0.2, 0.25) is 0 Å². The Morgan fingerprint density at radius 1 is 1.30 bits per heavy atom. The molecular weight excluding hydrogens is 367 g/mol. The average molecular weight is 388 g/mol. The van der Waals surface area contributed by atoms with Gasteiger partial charge in [-0.15, -0.1) is 0 Å². The van der Waals surface area contributed by atoms with Crippen LogP contribution in [0.1, 0.15) is 5.56 Å². The number of hydrogen-bond acceptors (Lipinski definition) is 2. The van der Waals surface area contributed by atoms with Crippen LogP contribution in [-0.4, -0.2) is 49.7 Å². The minimum Gasteiger partial charge on any atom is -1.00 e. The molecule has 1 aromatic heterocycles. The highest BCUT2D eigenvalue weighted by atomic mass is 127. The minimum atomic E-state index is -0.204. The van der Waals surface area contributed by atoms with Crippen LogP contribution < -0.4 is 24.0 Å². The molecule has 0 saturated heterocycles. The van der Waals surface area contributed by atoms with Gasteiger partial charge in [0.25, 0.3) is 0 Å². The van der Waals surface area contributed by atoms with E-state index in [2.05, 4.69) is 11.1 Å². The van der Waals surface area contributed by atoms with Crippen LogP contribution in [0.25, 0.3) is 10.9 Å². The Labute approximate surface area is 136 Å². The van der Waals surface area contributed by atoms with E-state index in [1.54, 1.807) is 0 Å². The van der Waals surface area contributed by atoms with Crippen molar-refractivity contribution in [3.8, 4) is 0 Å². The maximum absolute atomic E-state index is 12.0. The number of methoxy groups -OCH3 is 1. The number of rotatable bonds is 4. The van der Waals surface area contributed by atoms with Gasteiger partial charge in [-0.1, -0.05) is 18.2 Å². The lowest BCUT2D eigenvalue weighted by atomic mass is 10.0. The van der Waals surface area contributed by atoms with E-state index < -0.39 is 0 Å². The molecule has 0 aliphatic heterocycles. The zero-order valence-corrected chi connectivity index (χ0v) is 14.5. The van der Waals surface area contributed by atoms with Crippen LogP contribution in [0.15, 0.2) is 30.5 Å². The van der Waals surface area contributed by atoms with Gasteiger partial charge in [-0.3, -0.25) is 0 Å². The Bertz CT molecular complexity index is 587. The average Bonchev–Trinajstić information content (AvgIpc) is 2.77. The zero-order valence-electron chi connectivity index (χ0n) is 12.3. The van der Waals surface area contributed by atoms with Crippen molar-refractivity contribution in [2.75, 3.05) is 28.3 Å². The fourth-order valence-electron chi connectivity index (χ4n) is 2.32. The van der Waals surface area contributed by atoms with Crippen molar-refractivity contribution >= 4 is 16.9 Å². The summed E-state index contributed by atoms with van der Waals surface area (Å²) in [6.45, 7) is 0. The second kappa shape index (κ2) is 6.58. The van der Waals surface area contributed by atoms with Crippen LogP contribution >= 0.6 is 0 Å². The van der Waals surface area contributed by atoms with Gasteiger partial charge in [0.1, 0.15) is 0 Å². The summed E-state index contributed by atoms with van der Waals surface area (Å²) in [4.78, 5) is 15.2. The number of nitrogens with one attached hydrogen (secondary N) is 1. The van der Waals surface area contributed by atoms with Crippen molar-refractivity contribution in [1.82, 2.24) is 4.98 Å². The summed E-state index contributed by atoms with van der Waals surface area (Å²) in [7, 11) is 7.48. The number of hydrogen-bond donors (Lipinski definition) is 1. The topological polar surface area (TPSA) is 42.1 Å². The first-order valence-corrected chi connectivity index (χ1v) is 6.37. The van der Waals surface area contributed by atoms with Gasteiger partial charge in [-0.2, -0.15) is 0 Å². The summed E-state index contributed by atoms with van der Waals surface area (Å²) in [6.07, 6.45) is 2.65. The number of quaternary nitrogens is 1. The third-order valence-corrected chi connectivity index (χ3v) is 3.50. The molecule has 110 valence electrons. The van der Waals surface area contributed by atoms with Crippen molar-refractivity contribution in [2.24, 2.45) is 0 Å². The maximum Gasteiger partial charge on any atom is 0.365 e. The van der Waals surface area contributed by atoms with E-state index in [0.29, 0.717) is 10.9 Å². The van der Waals surface area contributed by atoms with E-state index in [1.165, 1.54) is 12.5 Å². The highest BCUT2D eigenvalue weighted by Crippen LogP contribution is 2.21.